The quantitative estimate of drug-likeness (QED) is 0.911. The van der Waals surface area contributed by atoms with E-state index in [4.69, 9.17) is 4.74 Å². The average molecular weight is 334 g/mol. The van der Waals surface area contributed by atoms with Crippen LogP contribution < -0.4 is 5.32 Å². The zero-order valence-corrected chi connectivity index (χ0v) is 14.4. The lowest BCUT2D eigenvalue weighted by Crippen LogP contribution is -2.41. The van der Waals surface area contributed by atoms with E-state index in [-0.39, 0.29) is 17.3 Å². The number of ether oxygens (including phenoxy) is 1. The van der Waals surface area contributed by atoms with Gasteiger partial charge in [-0.15, -0.1) is 0 Å². The molecule has 0 saturated heterocycles. The van der Waals surface area contributed by atoms with E-state index < -0.39 is 6.09 Å². The van der Waals surface area contributed by atoms with Crippen molar-refractivity contribution in [3.63, 3.8) is 0 Å². The van der Waals surface area contributed by atoms with Crippen LogP contribution >= 0.6 is 0 Å². The normalized spacial score (nSPS) is 12.7. The Morgan fingerprint density at radius 3 is 2.71 bits per heavy atom. The van der Waals surface area contributed by atoms with Crippen molar-refractivity contribution >= 4 is 6.09 Å². The molecule has 0 saturated carbocycles. The molecule has 1 amide bonds. The minimum absolute atomic E-state index is 0.102. The maximum absolute atomic E-state index is 12.9. The van der Waals surface area contributed by atoms with Crippen LogP contribution in [-0.2, 0) is 11.3 Å². The summed E-state index contributed by atoms with van der Waals surface area (Å²) in [6.45, 7) is 8.56. The second-order valence-electron chi connectivity index (χ2n) is 6.86. The summed E-state index contributed by atoms with van der Waals surface area (Å²) in [4.78, 5) is 15.6. The molecule has 1 atom stereocenters. The van der Waals surface area contributed by atoms with Gasteiger partial charge in [0, 0.05) is 24.2 Å². The first-order valence-corrected chi connectivity index (χ1v) is 7.83. The molecule has 130 valence electrons. The highest BCUT2D eigenvalue weighted by molar-refractivity contribution is 5.68. The van der Waals surface area contributed by atoms with Gasteiger partial charge in [0.05, 0.1) is 18.5 Å². The van der Waals surface area contributed by atoms with Gasteiger partial charge >= 0.3 is 6.09 Å². The molecular weight excluding hydrogens is 311 g/mol. The molecule has 24 heavy (non-hydrogen) atoms. The van der Waals surface area contributed by atoms with Gasteiger partial charge < -0.3 is 10.1 Å². The van der Waals surface area contributed by atoms with Crippen LogP contribution in [0.3, 0.4) is 0 Å². The van der Waals surface area contributed by atoms with Crippen molar-refractivity contribution in [1.82, 2.24) is 20.1 Å². The second kappa shape index (κ2) is 7.42. The van der Waals surface area contributed by atoms with E-state index in [1.807, 2.05) is 40.0 Å². The van der Waals surface area contributed by atoms with Crippen molar-refractivity contribution in [2.24, 2.45) is 5.92 Å². The molecule has 0 radical (unpaired) electrons. The highest BCUT2D eigenvalue weighted by atomic mass is 19.1. The maximum Gasteiger partial charge on any atom is 0.407 e. The lowest BCUT2D eigenvalue weighted by molar-refractivity contribution is 0.118. The van der Waals surface area contributed by atoms with E-state index in [1.165, 1.54) is 12.3 Å². The summed E-state index contributed by atoms with van der Waals surface area (Å²) in [5.74, 6) is -0.276. The van der Waals surface area contributed by atoms with Crippen LogP contribution in [0.2, 0.25) is 0 Å². The Hall–Kier alpha value is -2.44. The number of hydrogen-bond acceptors (Lipinski definition) is 4. The van der Waals surface area contributed by atoms with Crippen LogP contribution in [0.15, 0.2) is 30.6 Å². The van der Waals surface area contributed by atoms with E-state index in [0.29, 0.717) is 24.5 Å². The lowest BCUT2D eigenvalue weighted by atomic mass is 10.1. The number of carbonyl (C=O) groups is 1. The Morgan fingerprint density at radius 1 is 1.33 bits per heavy atom. The summed E-state index contributed by atoms with van der Waals surface area (Å²) in [6.07, 6.45) is 2.57. The van der Waals surface area contributed by atoms with E-state index in [2.05, 4.69) is 15.4 Å². The van der Waals surface area contributed by atoms with E-state index in [1.54, 1.807) is 10.7 Å². The van der Waals surface area contributed by atoms with E-state index >= 15 is 0 Å². The Kier molecular flexibility index (Phi) is 5.54. The van der Waals surface area contributed by atoms with Gasteiger partial charge in [0.2, 0.25) is 0 Å². The Balaban J connectivity index is 1.85. The summed E-state index contributed by atoms with van der Waals surface area (Å²) < 4.78 is 19.9. The number of nitrogens with zero attached hydrogens (tertiary/aromatic N) is 3. The lowest BCUT2D eigenvalue weighted by Gasteiger charge is -2.21. The largest absolute Gasteiger partial charge is 0.449 e. The molecule has 0 aliphatic heterocycles. The van der Waals surface area contributed by atoms with Gasteiger partial charge in [-0.2, -0.15) is 5.10 Å². The van der Waals surface area contributed by atoms with Crippen LogP contribution in [0, 0.1) is 11.7 Å². The van der Waals surface area contributed by atoms with Gasteiger partial charge in [-0.05, 0) is 39.0 Å². The molecule has 2 rings (SSSR count). The van der Waals surface area contributed by atoms with Crippen LogP contribution in [0.4, 0.5) is 9.18 Å². The van der Waals surface area contributed by atoms with Crippen LogP contribution in [-0.4, -0.2) is 33.0 Å². The summed E-state index contributed by atoms with van der Waals surface area (Å²) >= 11 is 0. The number of halogens is 1. The van der Waals surface area contributed by atoms with Crippen LogP contribution in [0.25, 0.3) is 11.4 Å². The number of amides is 1. The molecule has 0 aliphatic carbocycles. The molecule has 0 unspecified atom stereocenters. The summed E-state index contributed by atoms with van der Waals surface area (Å²) in [5.41, 5.74) is 0.969. The summed E-state index contributed by atoms with van der Waals surface area (Å²) in [7, 11) is 0. The zero-order valence-electron chi connectivity index (χ0n) is 14.4. The number of rotatable bonds is 5. The predicted molar refractivity (Wildman–Crippen MR) is 88.8 cm³/mol. The first kappa shape index (κ1) is 17.9. The molecule has 2 heterocycles. The molecule has 0 fully saturated rings. The van der Waals surface area contributed by atoms with E-state index in [9.17, 15) is 9.18 Å². The number of nitrogens with one attached hydrogen (secondary N) is 1. The summed E-state index contributed by atoms with van der Waals surface area (Å²) in [5, 5.41) is 7.16. The Morgan fingerprint density at radius 2 is 2.08 bits per heavy atom. The van der Waals surface area contributed by atoms with E-state index in [0.717, 1.165) is 0 Å². The van der Waals surface area contributed by atoms with Crippen molar-refractivity contribution < 1.29 is 13.9 Å². The van der Waals surface area contributed by atoms with Gasteiger partial charge in [-0.1, -0.05) is 6.92 Å². The highest BCUT2D eigenvalue weighted by Crippen LogP contribution is 2.14. The standard InChI is InChI=1S/C17H23FN4O2/c1-12(11-24-16(23)20-17(2,3)4)10-22-8-7-15(21-22)14-6-5-13(18)9-19-14/h5-9,12H,10-11H2,1-4H3,(H,20,23)/t12-/m0/s1. The molecule has 0 spiro atoms. The SMILES string of the molecule is C[C@H](COC(=O)NC(C)(C)C)Cn1ccc(-c2ccc(F)cn2)n1. The summed E-state index contributed by atoms with van der Waals surface area (Å²) in [6, 6.07) is 4.76. The fourth-order valence-electron chi connectivity index (χ4n) is 2.06. The smallest absolute Gasteiger partial charge is 0.407 e. The monoisotopic (exact) mass is 334 g/mol. The molecule has 7 heteroatoms. The fraction of sp³-hybridized carbons (Fsp3) is 0.471. The molecular formula is C17H23FN4O2. The van der Waals surface area contributed by atoms with Gasteiger partial charge in [0.15, 0.2) is 0 Å². The number of hydrogen-bond donors (Lipinski definition) is 1. The molecule has 6 nitrogen and oxygen atoms in total. The number of alkyl carbamates (subject to hydrolysis) is 1. The number of aromatic nitrogens is 3. The Labute approximate surface area is 141 Å². The first-order valence-electron chi connectivity index (χ1n) is 7.83. The minimum Gasteiger partial charge on any atom is -0.449 e. The number of carbonyl (C=O) groups excluding carboxylic acids is 1. The maximum atomic E-state index is 12.9. The van der Waals surface area contributed by atoms with Gasteiger partial charge in [0.1, 0.15) is 11.5 Å². The number of pyridine rings is 1. The van der Waals surface area contributed by atoms with Crippen LogP contribution in [0.5, 0.6) is 0 Å². The third-order valence-corrected chi connectivity index (χ3v) is 3.11. The fourth-order valence-corrected chi connectivity index (χ4v) is 2.06. The second-order valence-corrected chi connectivity index (χ2v) is 6.86. The van der Waals surface area contributed by atoms with Crippen molar-refractivity contribution in [3.8, 4) is 11.4 Å². The molecule has 1 N–H and O–H groups in total. The topological polar surface area (TPSA) is 69.0 Å². The first-order chi connectivity index (χ1) is 11.2. The van der Waals surface area contributed by atoms with Crippen molar-refractivity contribution in [2.45, 2.75) is 39.8 Å². The van der Waals surface area contributed by atoms with Crippen molar-refractivity contribution in [3.05, 3.63) is 36.4 Å². The average Bonchev–Trinajstić information content (AvgIpc) is 2.92. The molecule has 0 aromatic carbocycles. The van der Waals surface area contributed by atoms with Gasteiger partial charge in [0.25, 0.3) is 0 Å². The van der Waals surface area contributed by atoms with Crippen molar-refractivity contribution in [1.29, 1.82) is 0 Å². The Bertz CT molecular complexity index is 677. The molecule has 2 aromatic rings. The molecule has 0 aliphatic rings. The van der Waals surface area contributed by atoms with Crippen molar-refractivity contribution in [2.75, 3.05) is 6.61 Å². The highest BCUT2D eigenvalue weighted by Gasteiger charge is 2.16. The third-order valence-electron chi connectivity index (χ3n) is 3.11. The van der Waals surface area contributed by atoms with Crippen LogP contribution in [0.1, 0.15) is 27.7 Å². The zero-order chi connectivity index (χ0) is 17.7. The predicted octanol–water partition coefficient (Wildman–Crippen LogP) is 3.25. The molecule has 0 bridgehead atoms. The van der Waals surface area contributed by atoms with Gasteiger partial charge in [-0.25, -0.2) is 9.18 Å². The van der Waals surface area contributed by atoms with Gasteiger partial charge in [-0.3, -0.25) is 9.67 Å². The molecule has 2 aromatic heterocycles. The third kappa shape index (κ3) is 5.64. The minimum atomic E-state index is -0.425.